The second-order valence-electron chi connectivity index (χ2n) is 4.02. The SMILES string of the molecule is CCCC[C@H](N)C(=O)N(C)Cc1ccco1. The van der Waals surface area contributed by atoms with Crippen LogP contribution in [-0.2, 0) is 11.3 Å². The van der Waals surface area contributed by atoms with Crippen molar-refractivity contribution >= 4 is 5.91 Å². The number of furan rings is 1. The van der Waals surface area contributed by atoms with Crippen molar-refractivity contribution in [3.05, 3.63) is 24.2 Å². The Bertz CT molecular complexity index is 309. The predicted octanol–water partition coefficient (Wildman–Crippen LogP) is 1.76. The fraction of sp³-hybridized carbons (Fsp3) is 0.583. The van der Waals surface area contributed by atoms with E-state index < -0.39 is 0 Å². The Hall–Kier alpha value is -1.29. The van der Waals surface area contributed by atoms with Gasteiger partial charge < -0.3 is 15.1 Å². The number of carbonyl (C=O) groups excluding carboxylic acids is 1. The quantitative estimate of drug-likeness (QED) is 0.801. The van der Waals surface area contributed by atoms with Crippen molar-refractivity contribution in [3.8, 4) is 0 Å². The van der Waals surface area contributed by atoms with E-state index in [1.165, 1.54) is 0 Å². The van der Waals surface area contributed by atoms with Crippen LogP contribution in [0.3, 0.4) is 0 Å². The molecule has 0 aliphatic carbocycles. The van der Waals surface area contributed by atoms with Crippen molar-refractivity contribution < 1.29 is 9.21 Å². The number of carbonyl (C=O) groups is 1. The zero-order valence-corrected chi connectivity index (χ0v) is 9.98. The van der Waals surface area contributed by atoms with Crippen LogP contribution in [0.1, 0.15) is 31.9 Å². The summed E-state index contributed by atoms with van der Waals surface area (Å²) in [7, 11) is 1.75. The summed E-state index contributed by atoms with van der Waals surface area (Å²) >= 11 is 0. The van der Waals surface area contributed by atoms with Crippen LogP contribution in [0.5, 0.6) is 0 Å². The molecular formula is C12H20N2O2. The zero-order valence-electron chi connectivity index (χ0n) is 9.98. The molecule has 0 saturated heterocycles. The van der Waals surface area contributed by atoms with Crippen LogP contribution in [-0.4, -0.2) is 23.9 Å². The van der Waals surface area contributed by atoms with Gasteiger partial charge in [-0.2, -0.15) is 0 Å². The molecule has 0 aliphatic rings. The maximum absolute atomic E-state index is 11.8. The lowest BCUT2D eigenvalue weighted by molar-refractivity contribution is -0.132. The third kappa shape index (κ3) is 3.70. The first kappa shape index (κ1) is 12.8. The number of unbranched alkanes of at least 4 members (excludes halogenated alkanes) is 1. The standard InChI is InChI=1S/C12H20N2O2/c1-3-4-7-11(13)12(15)14(2)9-10-6-5-8-16-10/h5-6,8,11H,3-4,7,9,13H2,1-2H3/t11-/m0/s1. The lowest BCUT2D eigenvalue weighted by atomic mass is 10.1. The smallest absolute Gasteiger partial charge is 0.239 e. The molecule has 1 amide bonds. The van der Waals surface area contributed by atoms with Crippen molar-refractivity contribution in [1.82, 2.24) is 4.90 Å². The van der Waals surface area contributed by atoms with Gasteiger partial charge in [-0.1, -0.05) is 19.8 Å². The fourth-order valence-corrected chi connectivity index (χ4v) is 1.54. The molecule has 0 saturated carbocycles. The third-order valence-corrected chi connectivity index (χ3v) is 2.54. The molecule has 0 unspecified atom stereocenters. The van der Waals surface area contributed by atoms with Crippen LogP contribution in [0.15, 0.2) is 22.8 Å². The van der Waals surface area contributed by atoms with E-state index in [1.54, 1.807) is 18.2 Å². The molecule has 1 heterocycles. The molecule has 0 aromatic carbocycles. The lowest BCUT2D eigenvalue weighted by Crippen LogP contribution is -2.41. The van der Waals surface area contributed by atoms with Crippen molar-refractivity contribution in [2.24, 2.45) is 5.73 Å². The van der Waals surface area contributed by atoms with Gasteiger partial charge in [-0.05, 0) is 18.6 Å². The van der Waals surface area contributed by atoms with Gasteiger partial charge in [0.25, 0.3) is 0 Å². The largest absolute Gasteiger partial charge is 0.467 e. The van der Waals surface area contributed by atoms with Crippen molar-refractivity contribution in [2.45, 2.75) is 38.8 Å². The van der Waals surface area contributed by atoms with Gasteiger partial charge in [0.05, 0.1) is 18.8 Å². The van der Waals surface area contributed by atoms with E-state index in [2.05, 4.69) is 6.92 Å². The summed E-state index contributed by atoms with van der Waals surface area (Å²) in [4.78, 5) is 13.4. The highest BCUT2D eigenvalue weighted by molar-refractivity contribution is 5.81. The van der Waals surface area contributed by atoms with Gasteiger partial charge in [0, 0.05) is 7.05 Å². The summed E-state index contributed by atoms with van der Waals surface area (Å²) in [6, 6.07) is 3.27. The number of nitrogens with two attached hydrogens (primary N) is 1. The van der Waals surface area contributed by atoms with Gasteiger partial charge in [-0.25, -0.2) is 0 Å². The molecule has 0 aliphatic heterocycles. The maximum Gasteiger partial charge on any atom is 0.239 e. The molecule has 4 heteroatoms. The molecule has 0 radical (unpaired) electrons. The monoisotopic (exact) mass is 224 g/mol. The van der Waals surface area contributed by atoms with E-state index in [4.69, 9.17) is 10.2 Å². The van der Waals surface area contributed by atoms with Crippen molar-refractivity contribution in [2.75, 3.05) is 7.05 Å². The van der Waals surface area contributed by atoms with E-state index in [-0.39, 0.29) is 11.9 Å². The molecule has 1 aromatic rings. The van der Waals surface area contributed by atoms with Crippen LogP contribution in [0, 0.1) is 0 Å². The molecule has 0 bridgehead atoms. The van der Waals surface area contributed by atoms with E-state index >= 15 is 0 Å². The van der Waals surface area contributed by atoms with Gasteiger partial charge in [-0.15, -0.1) is 0 Å². The maximum atomic E-state index is 11.8. The topological polar surface area (TPSA) is 59.5 Å². The summed E-state index contributed by atoms with van der Waals surface area (Å²) in [6.45, 7) is 2.56. The first-order valence-electron chi connectivity index (χ1n) is 5.68. The molecule has 2 N–H and O–H groups in total. The number of hydrogen-bond acceptors (Lipinski definition) is 3. The highest BCUT2D eigenvalue weighted by atomic mass is 16.3. The Balaban J connectivity index is 2.41. The summed E-state index contributed by atoms with van der Waals surface area (Å²) in [5.41, 5.74) is 5.81. The Morgan fingerprint density at radius 3 is 2.94 bits per heavy atom. The molecular weight excluding hydrogens is 204 g/mol. The van der Waals surface area contributed by atoms with Crippen LogP contribution in [0.4, 0.5) is 0 Å². The molecule has 1 atom stereocenters. The van der Waals surface area contributed by atoms with Crippen LogP contribution < -0.4 is 5.73 Å². The number of hydrogen-bond donors (Lipinski definition) is 1. The second-order valence-corrected chi connectivity index (χ2v) is 4.02. The van der Waals surface area contributed by atoms with Crippen LogP contribution in [0.25, 0.3) is 0 Å². The minimum atomic E-state index is -0.389. The molecule has 0 fully saturated rings. The first-order chi connectivity index (χ1) is 7.65. The third-order valence-electron chi connectivity index (χ3n) is 2.54. The van der Waals surface area contributed by atoms with Gasteiger partial charge in [0.1, 0.15) is 5.76 Å². The van der Waals surface area contributed by atoms with Gasteiger partial charge in [-0.3, -0.25) is 4.79 Å². The minimum absolute atomic E-state index is 0.0233. The highest BCUT2D eigenvalue weighted by Gasteiger charge is 2.17. The normalized spacial score (nSPS) is 12.4. The van der Waals surface area contributed by atoms with Gasteiger partial charge in [0.15, 0.2) is 0 Å². The van der Waals surface area contributed by atoms with Gasteiger partial charge in [0.2, 0.25) is 5.91 Å². The highest BCUT2D eigenvalue weighted by Crippen LogP contribution is 2.07. The Morgan fingerprint density at radius 1 is 1.62 bits per heavy atom. The Labute approximate surface area is 96.4 Å². The Kier molecular flexibility index (Phi) is 5.05. The summed E-state index contributed by atoms with van der Waals surface area (Å²) in [5, 5.41) is 0. The van der Waals surface area contributed by atoms with Crippen molar-refractivity contribution in [1.29, 1.82) is 0 Å². The molecule has 0 spiro atoms. The van der Waals surface area contributed by atoms with Crippen molar-refractivity contribution in [3.63, 3.8) is 0 Å². The summed E-state index contributed by atoms with van der Waals surface area (Å²) in [6.07, 6.45) is 4.40. The Morgan fingerprint density at radius 2 is 2.38 bits per heavy atom. The molecule has 90 valence electrons. The molecule has 1 rings (SSSR count). The number of rotatable bonds is 6. The minimum Gasteiger partial charge on any atom is -0.467 e. The van der Waals surface area contributed by atoms with E-state index in [0.29, 0.717) is 6.54 Å². The summed E-state index contributed by atoms with van der Waals surface area (Å²) < 4.78 is 5.18. The molecule has 1 aromatic heterocycles. The number of nitrogens with zero attached hydrogens (tertiary/aromatic N) is 1. The van der Waals surface area contributed by atoms with Crippen LogP contribution in [0.2, 0.25) is 0 Å². The van der Waals surface area contributed by atoms with Gasteiger partial charge >= 0.3 is 0 Å². The number of amides is 1. The van der Waals surface area contributed by atoms with Crippen LogP contribution >= 0.6 is 0 Å². The van der Waals surface area contributed by atoms with E-state index in [1.807, 2.05) is 12.1 Å². The molecule has 16 heavy (non-hydrogen) atoms. The summed E-state index contributed by atoms with van der Waals surface area (Å²) in [5.74, 6) is 0.753. The average molecular weight is 224 g/mol. The van der Waals surface area contributed by atoms with E-state index in [0.717, 1.165) is 25.0 Å². The first-order valence-corrected chi connectivity index (χ1v) is 5.68. The fourth-order valence-electron chi connectivity index (χ4n) is 1.54. The predicted molar refractivity (Wildman–Crippen MR) is 62.7 cm³/mol. The lowest BCUT2D eigenvalue weighted by Gasteiger charge is -2.20. The van der Waals surface area contributed by atoms with E-state index in [9.17, 15) is 4.79 Å². The average Bonchev–Trinajstić information content (AvgIpc) is 2.77. The molecule has 4 nitrogen and oxygen atoms in total. The second kappa shape index (κ2) is 6.33. The zero-order chi connectivity index (χ0) is 12.0. The number of likely N-dealkylation sites (N-methyl/N-ethyl adjacent to an activating group) is 1.